The number of alkyl halides is 3. The molecule has 1 unspecified atom stereocenters. The Kier molecular flexibility index (Phi) is 4.44. The number of aliphatic hydroxyl groups excluding tert-OH is 1. The molecule has 1 atom stereocenters. The van der Waals surface area contributed by atoms with Crippen molar-refractivity contribution >= 4 is 15.9 Å². The van der Waals surface area contributed by atoms with Gasteiger partial charge in [-0.1, -0.05) is 40.2 Å². The molecular formula is C16H14BrF3O. The minimum Gasteiger partial charge on any atom is -0.384 e. The average Bonchev–Trinajstić information content (AvgIpc) is 2.40. The van der Waals surface area contributed by atoms with E-state index >= 15 is 0 Å². The first-order valence-corrected chi connectivity index (χ1v) is 7.12. The van der Waals surface area contributed by atoms with Crippen LogP contribution in [0.5, 0.6) is 0 Å². The van der Waals surface area contributed by atoms with Crippen LogP contribution in [0.25, 0.3) is 0 Å². The van der Waals surface area contributed by atoms with Gasteiger partial charge in [-0.2, -0.15) is 13.2 Å². The molecule has 2 aromatic carbocycles. The van der Waals surface area contributed by atoms with Gasteiger partial charge in [0, 0.05) is 4.47 Å². The molecule has 1 nitrogen and oxygen atoms in total. The zero-order chi connectivity index (χ0) is 15.8. The molecule has 2 rings (SSSR count). The molecule has 0 saturated heterocycles. The number of hydrogen-bond donors (Lipinski definition) is 1. The van der Waals surface area contributed by atoms with Gasteiger partial charge in [-0.25, -0.2) is 0 Å². The third kappa shape index (κ3) is 3.30. The van der Waals surface area contributed by atoms with E-state index in [1.54, 1.807) is 19.1 Å². The van der Waals surface area contributed by atoms with E-state index in [4.69, 9.17) is 0 Å². The molecule has 0 fully saturated rings. The van der Waals surface area contributed by atoms with Crippen LogP contribution in [0, 0.1) is 13.8 Å². The highest BCUT2D eigenvalue weighted by Crippen LogP contribution is 2.35. The first kappa shape index (κ1) is 16.0. The molecule has 0 aliphatic rings. The molecule has 112 valence electrons. The number of rotatable bonds is 2. The van der Waals surface area contributed by atoms with E-state index in [1.807, 2.05) is 13.0 Å². The molecule has 0 bridgehead atoms. The molecule has 0 amide bonds. The van der Waals surface area contributed by atoms with Crippen LogP contribution in [0.15, 0.2) is 40.9 Å². The van der Waals surface area contributed by atoms with Crippen molar-refractivity contribution in [2.45, 2.75) is 26.1 Å². The fourth-order valence-electron chi connectivity index (χ4n) is 2.21. The molecule has 0 radical (unpaired) electrons. The Bertz CT molecular complexity index is 665. The Labute approximate surface area is 129 Å². The second kappa shape index (κ2) is 5.81. The summed E-state index contributed by atoms with van der Waals surface area (Å²) in [5.41, 5.74) is 1.76. The summed E-state index contributed by atoms with van der Waals surface area (Å²) in [7, 11) is 0. The third-order valence-corrected chi connectivity index (χ3v) is 4.49. The summed E-state index contributed by atoms with van der Waals surface area (Å²) in [6.45, 7) is 3.46. The summed E-state index contributed by atoms with van der Waals surface area (Å²) in [5, 5.41) is 10.5. The average molecular weight is 359 g/mol. The van der Waals surface area contributed by atoms with Crippen molar-refractivity contribution in [3.05, 3.63) is 68.7 Å². The molecular weight excluding hydrogens is 345 g/mol. The van der Waals surface area contributed by atoms with Crippen LogP contribution in [0.3, 0.4) is 0 Å². The highest BCUT2D eigenvalue weighted by atomic mass is 79.9. The fourth-order valence-corrected chi connectivity index (χ4v) is 2.69. The normalized spacial score (nSPS) is 13.3. The maximum atomic E-state index is 12.7. The lowest BCUT2D eigenvalue weighted by atomic mass is 9.95. The standard InChI is InChI=1S/C16H14BrF3O/c1-9-4-3-5-13(14(9)17)15(21)12-7-6-11(8-10(12)2)16(18,19)20/h3-8,15,21H,1-2H3. The van der Waals surface area contributed by atoms with Gasteiger partial charge in [0.2, 0.25) is 0 Å². The molecule has 2 aromatic rings. The van der Waals surface area contributed by atoms with Crippen LogP contribution in [-0.2, 0) is 6.18 Å². The van der Waals surface area contributed by atoms with Crippen LogP contribution < -0.4 is 0 Å². The van der Waals surface area contributed by atoms with Gasteiger partial charge >= 0.3 is 6.18 Å². The number of hydrogen-bond acceptors (Lipinski definition) is 1. The van der Waals surface area contributed by atoms with Crippen molar-refractivity contribution in [3.8, 4) is 0 Å². The fraction of sp³-hybridized carbons (Fsp3) is 0.250. The monoisotopic (exact) mass is 358 g/mol. The van der Waals surface area contributed by atoms with Gasteiger partial charge in [-0.05, 0) is 48.2 Å². The number of aryl methyl sites for hydroxylation is 2. The molecule has 0 aliphatic heterocycles. The Balaban J connectivity index is 2.45. The minimum absolute atomic E-state index is 0.408. The lowest BCUT2D eigenvalue weighted by molar-refractivity contribution is -0.137. The highest BCUT2D eigenvalue weighted by molar-refractivity contribution is 9.10. The first-order chi connectivity index (χ1) is 9.71. The van der Waals surface area contributed by atoms with E-state index in [-0.39, 0.29) is 0 Å². The lowest BCUT2D eigenvalue weighted by Gasteiger charge is -2.18. The predicted molar refractivity (Wildman–Crippen MR) is 79.1 cm³/mol. The molecule has 0 spiro atoms. The van der Waals surface area contributed by atoms with Gasteiger partial charge in [0.1, 0.15) is 6.10 Å². The Morgan fingerprint density at radius 2 is 1.67 bits per heavy atom. The summed E-state index contributed by atoms with van der Waals surface area (Å²) < 4.78 is 38.8. The van der Waals surface area contributed by atoms with E-state index in [0.717, 1.165) is 22.2 Å². The summed E-state index contributed by atoms with van der Waals surface area (Å²) in [5.74, 6) is 0. The maximum Gasteiger partial charge on any atom is 0.416 e. The van der Waals surface area contributed by atoms with Gasteiger partial charge in [-0.15, -0.1) is 0 Å². The Hall–Kier alpha value is -1.33. The maximum absolute atomic E-state index is 12.7. The molecule has 1 N–H and O–H groups in total. The van der Waals surface area contributed by atoms with Crippen LogP contribution in [0.2, 0.25) is 0 Å². The van der Waals surface area contributed by atoms with Crippen LogP contribution in [0.4, 0.5) is 13.2 Å². The van der Waals surface area contributed by atoms with Crippen molar-refractivity contribution in [3.63, 3.8) is 0 Å². The van der Waals surface area contributed by atoms with Crippen molar-refractivity contribution in [2.24, 2.45) is 0 Å². The summed E-state index contributed by atoms with van der Waals surface area (Å²) in [6, 6.07) is 8.83. The van der Waals surface area contributed by atoms with Crippen LogP contribution in [-0.4, -0.2) is 5.11 Å². The van der Waals surface area contributed by atoms with E-state index in [0.29, 0.717) is 16.7 Å². The molecule has 0 heterocycles. The van der Waals surface area contributed by atoms with Crippen molar-refractivity contribution in [2.75, 3.05) is 0 Å². The molecule has 0 saturated carbocycles. The van der Waals surface area contributed by atoms with Crippen molar-refractivity contribution < 1.29 is 18.3 Å². The van der Waals surface area contributed by atoms with Gasteiger partial charge in [0.05, 0.1) is 5.56 Å². The topological polar surface area (TPSA) is 20.2 Å². The smallest absolute Gasteiger partial charge is 0.384 e. The second-order valence-electron chi connectivity index (χ2n) is 4.95. The first-order valence-electron chi connectivity index (χ1n) is 6.32. The zero-order valence-electron chi connectivity index (χ0n) is 11.5. The van der Waals surface area contributed by atoms with E-state index in [9.17, 15) is 18.3 Å². The van der Waals surface area contributed by atoms with Crippen LogP contribution >= 0.6 is 15.9 Å². The summed E-state index contributed by atoms with van der Waals surface area (Å²) in [4.78, 5) is 0. The molecule has 0 aromatic heterocycles. The van der Waals surface area contributed by atoms with Gasteiger partial charge in [0.15, 0.2) is 0 Å². The van der Waals surface area contributed by atoms with Gasteiger partial charge in [0.25, 0.3) is 0 Å². The molecule has 21 heavy (non-hydrogen) atoms. The van der Waals surface area contributed by atoms with E-state index in [1.165, 1.54) is 6.07 Å². The second-order valence-corrected chi connectivity index (χ2v) is 5.74. The van der Waals surface area contributed by atoms with Crippen molar-refractivity contribution in [1.82, 2.24) is 0 Å². The molecule has 0 aliphatic carbocycles. The third-order valence-electron chi connectivity index (χ3n) is 3.41. The van der Waals surface area contributed by atoms with E-state index in [2.05, 4.69) is 15.9 Å². The predicted octanol–water partition coefficient (Wildman–Crippen LogP) is 5.17. The highest BCUT2D eigenvalue weighted by Gasteiger charge is 2.31. The Morgan fingerprint density at radius 3 is 2.24 bits per heavy atom. The zero-order valence-corrected chi connectivity index (χ0v) is 13.1. The van der Waals surface area contributed by atoms with Crippen molar-refractivity contribution in [1.29, 1.82) is 0 Å². The SMILES string of the molecule is Cc1cc(C(F)(F)F)ccc1C(O)c1cccc(C)c1Br. The largest absolute Gasteiger partial charge is 0.416 e. The summed E-state index contributed by atoms with van der Waals surface area (Å²) in [6.07, 6.45) is -5.35. The lowest BCUT2D eigenvalue weighted by Crippen LogP contribution is -2.08. The summed E-state index contributed by atoms with van der Waals surface area (Å²) >= 11 is 3.41. The van der Waals surface area contributed by atoms with Gasteiger partial charge in [-0.3, -0.25) is 0 Å². The quantitative estimate of drug-likeness (QED) is 0.785. The number of halogens is 4. The number of benzene rings is 2. The number of aliphatic hydroxyl groups is 1. The molecule has 5 heteroatoms. The van der Waals surface area contributed by atoms with Gasteiger partial charge < -0.3 is 5.11 Å². The van der Waals surface area contributed by atoms with Crippen LogP contribution in [0.1, 0.15) is 33.9 Å². The minimum atomic E-state index is -4.38. The Morgan fingerprint density at radius 1 is 1.00 bits per heavy atom. The van der Waals surface area contributed by atoms with E-state index < -0.39 is 17.8 Å².